The van der Waals surface area contributed by atoms with Gasteiger partial charge in [-0.25, -0.2) is 0 Å². The highest BCUT2D eigenvalue weighted by molar-refractivity contribution is 14.1. The fourth-order valence-electron chi connectivity index (χ4n) is 0.836. The average molecular weight is 377 g/mol. The second-order valence-electron chi connectivity index (χ2n) is 2.54. The molecule has 1 aromatic carbocycles. The summed E-state index contributed by atoms with van der Waals surface area (Å²) in [6.07, 6.45) is -3.97. The van der Waals surface area contributed by atoms with Gasteiger partial charge in [-0.15, -0.1) is 0 Å². The summed E-state index contributed by atoms with van der Waals surface area (Å²) in [6.45, 7) is 0. The zero-order valence-corrected chi connectivity index (χ0v) is 10.5. The Labute approximate surface area is 101 Å². The van der Waals surface area contributed by atoms with Gasteiger partial charge in [0, 0.05) is 14.1 Å². The van der Waals surface area contributed by atoms with Gasteiger partial charge < -0.3 is 0 Å². The lowest BCUT2D eigenvalue weighted by Crippen LogP contribution is -2.01. The van der Waals surface area contributed by atoms with Crippen LogP contribution in [0, 0.1) is 0 Å². The molecule has 0 unspecified atom stereocenters. The molecule has 0 spiro atoms. The van der Waals surface area contributed by atoms with Crippen LogP contribution < -0.4 is 0 Å². The molecule has 0 saturated heterocycles. The third-order valence-electron chi connectivity index (χ3n) is 1.41. The van der Waals surface area contributed by atoms with Crippen LogP contribution in [-0.2, 0) is 0 Å². The van der Waals surface area contributed by atoms with Crippen LogP contribution in [0.4, 0.5) is 13.2 Å². The minimum absolute atomic E-state index is 0.183. The lowest BCUT2D eigenvalue weighted by molar-refractivity contribution is -0.0791. The number of hydrogen-bond donors (Lipinski definition) is 0. The first-order valence-electron chi connectivity index (χ1n) is 3.59. The first-order chi connectivity index (χ1) is 6.38. The Hall–Kier alpha value is -0.0400. The summed E-state index contributed by atoms with van der Waals surface area (Å²) < 4.78 is 37.0. The first-order valence-corrected chi connectivity index (χ1v) is 5.47. The van der Waals surface area contributed by atoms with Crippen LogP contribution in [0.1, 0.15) is 5.56 Å². The second-order valence-corrected chi connectivity index (χ2v) is 4.62. The van der Waals surface area contributed by atoms with E-state index in [2.05, 4.69) is 15.9 Å². The summed E-state index contributed by atoms with van der Waals surface area (Å²) in [4.78, 5) is 0. The molecule has 0 fully saturated rings. The molecule has 0 N–H and O–H groups in total. The molecule has 0 bridgehead atoms. The Morgan fingerprint density at radius 1 is 1.21 bits per heavy atom. The number of alkyl halides is 3. The fraction of sp³-hybridized carbons (Fsp3) is 0.111. The molecular formula is C9H5BrF3I. The minimum atomic E-state index is -4.26. The smallest absolute Gasteiger partial charge is 0.167 e. The monoisotopic (exact) mass is 376 g/mol. The number of halogens is 5. The Kier molecular flexibility index (Phi) is 4.00. The Morgan fingerprint density at radius 2 is 1.71 bits per heavy atom. The second kappa shape index (κ2) is 4.65. The SMILES string of the molecule is FC(F)(F)/C=C(/I)c1ccc(Br)cc1. The van der Waals surface area contributed by atoms with Crippen molar-refractivity contribution in [2.24, 2.45) is 0 Å². The van der Waals surface area contributed by atoms with Crippen LogP contribution in [0.5, 0.6) is 0 Å². The average Bonchev–Trinajstić information content (AvgIpc) is 2.02. The lowest BCUT2D eigenvalue weighted by Gasteiger charge is -2.03. The summed E-state index contributed by atoms with van der Waals surface area (Å²) >= 11 is 4.88. The van der Waals surface area contributed by atoms with Crippen molar-refractivity contribution in [3.05, 3.63) is 40.4 Å². The zero-order chi connectivity index (χ0) is 10.8. The summed E-state index contributed by atoms with van der Waals surface area (Å²) in [5.41, 5.74) is 0.561. The molecule has 0 nitrogen and oxygen atoms in total. The maximum absolute atomic E-state index is 12.0. The van der Waals surface area contributed by atoms with Crippen molar-refractivity contribution in [3.63, 3.8) is 0 Å². The van der Waals surface area contributed by atoms with Gasteiger partial charge in [-0.05, 0) is 40.3 Å². The summed E-state index contributed by atoms with van der Waals surface area (Å²) in [5, 5.41) is 0. The van der Waals surface area contributed by atoms with Crippen LogP contribution in [-0.4, -0.2) is 6.18 Å². The van der Waals surface area contributed by atoms with Crippen molar-refractivity contribution in [1.82, 2.24) is 0 Å². The molecule has 5 heteroatoms. The molecule has 1 rings (SSSR count). The predicted molar refractivity (Wildman–Crippen MR) is 62.2 cm³/mol. The number of rotatable bonds is 1. The molecule has 0 atom stereocenters. The predicted octanol–water partition coefficient (Wildman–Crippen LogP) is 4.79. The largest absolute Gasteiger partial charge is 0.410 e. The van der Waals surface area contributed by atoms with Gasteiger partial charge in [-0.3, -0.25) is 0 Å². The van der Waals surface area contributed by atoms with Crippen LogP contribution in [0.25, 0.3) is 3.58 Å². The third kappa shape index (κ3) is 4.00. The highest BCUT2D eigenvalue weighted by Crippen LogP contribution is 2.29. The standard InChI is InChI=1S/C9H5BrF3I/c10-7-3-1-6(2-4-7)8(14)5-9(11,12)13/h1-5H/b8-5+. The van der Waals surface area contributed by atoms with E-state index in [1.165, 1.54) is 0 Å². The van der Waals surface area contributed by atoms with Gasteiger partial charge in [-0.2, -0.15) is 13.2 Å². The minimum Gasteiger partial charge on any atom is -0.167 e. The van der Waals surface area contributed by atoms with Gasteiger partial charge in [-0.1, -0.05) is 28.1 Å². The maximum atomic E-state index is 12.0. The Balaban J connectivity index is 2.95. The van der Waals surface area contributed by atoms with Crippen molar-refractivity contribution >= 4 is 42.1 Å². The van der Waals surface area contributed by atoms with E-state index in [0.29, 0.717) is 5.56 Å². The molecular weight excluding hydrogens is 372 g/mol. The quantitative estimate of drug-likeness (QED) is 0.618. The molecule has 0 saturated carbocycles. The van der Waals surface area contributed by atoms with Crippen LogP contribution in [0.3, 0.4) is 0 Å². The summed E-state index contributed by atoms with van der Waals surface area (Å²) in [6, 6.07) is 6.68. The van der Waals surface area contributed by atoms with Crippen molar-refractivity contribution in [3.8, 4) is 0 Å². The Morgan fingerprint density at radius 3 is 2.14 bits per heavy atom. The molecule has 76 valence electrons. The highest BCUT2D eigenvalue weighted by Gasteiger charge is 2.24. The zero-order valence-electron chi connectivity index (χ0n) is 6.78. The van der Waals surface area contributed by atoms with E-state index in [-0.39, 0.29) is 9.66 Å². The highest BCUT2D eigenvalue weighted by atomic mass is 127. The van der Waals surface area contributed by atoms with Crippen molar-refractivity contribution in [2.75, 3.05) is 0 Å². The fourth-order valence-corrected chi connectivity index (χ4v) is 1.81. The van der Waals surface area contributed by atoms with Crippen LogP contribution in [0.2, 0.25) is 0 Å². The topological polar surface area (TPSA) is 0 Å². The summed E-state index contributed by atoms with van der Waals surface area (Å²) in [5.74, 6) is 0. The lowest BCUT2D eigenvalue weighted by atomic mass is 10.2. The molecule has 0 aliphatic carbocycles. The van der Waals surface area contributed by atoms with Gasteiger partial charge >= 0.3 is 6.18 Å². The van der Waals surface area contributed by atoms with E-state index in [1.54, 1.807) is 46.9 Å². The van der Waals surface area contributed by atoms with Gasteiger partial charge in [0.05, 0.1) is 0 Å². The molecule has 0 aliphatic rings. The molecule has 0 radical (unpaired) electrons. The van der Waals surface area contributed by atoms with Gasteiger partial charge in [0.25, 0.3) is 0 Å². The first kappa shape index (κ1) is 12.0. The summed E-state index contributed by atoms with van der Waals surface area (Å²) in [7, 11) is 0. The van der Waals surface area contributed by atoms with Gasteiger partial charge in [0.2, 0.25) is 0 Å². The Bertz CT molecular complexity index is 340. The van der Waals surface area contributed by atoms with E-state index in [0.717, 1.165) is 4.47 Å². The maximum Gasteiger partial charge on any atom is 0.410 e. The van der Waals surface area contributed by atoms with Crippen molar-refractivity contribution < 1.29 is 13.2 Å². The molecule has 0 amide bonds. The van der Waals surface area contributed by atoms with Crippen LogP contribution >= 0.6 is 38.5 Å². The van der Waals surface area contributed by atoms with Gasteiger partial charge in [0.15, 0.2) is 0 Å². The van der Waals surface area contributed by atoms with Crippen molar-refractivity contribution in [1.29, 1.82) is 0 Å². The normalized spacial score (nSPS) is 13.1. The van der Waals surface area contributed by atoms with E-state index in [1.807, 2.05) is 0 Å². The van der Waals surface area contributed by atoms with E-state index >= 15 is 0 Å². The molecule has 0 aliphatic heterocycles. The molecule has 1 aromatic rings. The van der Waals surface area contributed by atoms with E-state index in [9.17, 15) is 13.2 Å². The number of hydrogen-bond acceptors (Lipinski definition) is 0. The number of benzene rings is 1. The molecule has 0 heterocycles. The van der Waals surface area contributed by atoms with E-state index < -0.39 is 6.18 Å². The molecule has 0 aromatic heterocycles. The van der Waals surface area contributed by atoms with Gasteiger partial charge in [0.1, 0.15) is 0 Å². The molecule has 14 heavy (non-hydrogen) atoms. The third-order valence-corrected chi connectivity index (χ3v) is 2.87. The van der Waals surface area contributed by atoms with Crippen molar-refractivity contribution in [2.45, 2.75) is 6.18 Å². The number of allylic oxidation sites excluding steroid dienone is 1. The van der Waals surface area contributed by atoms with Crippen LogP contribution in [0.15, 0.2) is 34.8 Å². The van der Waals surface area contributed by atoms with E-state index in [4.69, 9.17) is 0 Å².